The monoisotopic (exact) mass is 571 g/mol. The Balaban J connectivity index is 1.40. The molecule has 3 aliphatic heterocycles. The number of benzene rings is 3. The maximum atomic E-state index is 14.5. The molecule has 3 unspecified atom stereocenters. The Bertz CT molecular complexity index is 1470. The number of fused-ring (bicyclic) bond motifs is 2. The zero-order valence-corrected chi connectivity index (χ0v) is 24.3. The third-order valence-corrected chi connectivity index (χ3v) is 11.3. The van der Waals surface area contributed by atoms with E-state index in [0.717, 1.165) is 29.2 Å². The number of hydrogen-bond donors (Lipinski definition) is 3. The number of rotatable bonds is 9. The summed E-state index contributed by atoms with van der Waals surface area (Å²) >= 11 is 1.65. The van der Waals surface area contributed by atoms with Gasteiger partial charge < -0.3 is 20.6 Å². The summed E-state index contributed by atoms with van der Waals surface area (Å²) in [7, 11) is 0. The van der Waals surface area contributed by atoms with Gasteiger partial charge in [-0.05, 0) is 53.6 Å². The first kappa shape index (κ1) is 27.8. The molecular weight excluding hydrogens is 534 g/mol. The van der Waals surface area contributed by atoms with Gasteiger partial charge in [0.05, 0.1) is 29.2 Å². The SMILES string of the molecule is CCCNC(=O)[C@@H]1[C@H]2C(=O)N([C@@H](CO)Cc3ccccc3)C(C(=O)Nc3ccc4ccccc4c3)C23S[C@@H]1CC3C. The summed E-state index contributed by atoms with van der Waals surface area (Å²) in [5.41, 5.74) is 1.64. The van der Waals surface area contributed by atoms with E-state index >= 15 is 0 Å². The second kappa shape index (κ2) is 11.1. The van der Waals surface area contributed by atoms with Gasteiger partial charge in [0, 0.05) is 17.5 Å². The van der Waals surface area contributed by atoms with Crippen molar-refractivity contribution in [2.75, 3.05) is 18.5 Å². The summed E-state index contributed by atoms with van der Waals surface area (Å²) in [5.74, 6) is -1.62. The molecular formula is C33H37N3O4S. The molecule has 6 rings (SSSR count). The highest BCUT2D eigenvalue weighted by molar-refractivity contribution is 8.02. The number of anilines is 1. The quantitative estimate of drug-likeness (QED) is 0.357. The molecule has 3 saturated heterocycles. The maximum absolute atomic E-state index is 14.5. The fourth-order valence-electron chi connectivity index (χ4n) is 7.43. The zero-order valence-electron chi connectivity index (χ0n) is 23.5. The molecule has 214 valence electrons. The maximum Gasteiger partial charge on any atom is 0.248 e. The van der Waals surface area contributed by atoms with E-state index in [1.807, 2.05) is 79.7 Å². The standard InChI is InChI=1S/C33H37N3O4S/c1-3-15-34-30(38)27-26-16-20(2)33(41-26)28(27)32(40)36(25(19-37)17-21-9-5-4-6-10-21)29(33)31(39)35-24-14-13-22-11-7-8-12-23(22)18-24/h4-14,18,20,25-29,37H,3,15-17,19H2,1-2H3,(H,34,38)(H,35,39)/t20?,25-,26-,27+,28+,29?,33?/m1/s1. The van der Waals surface area contributed by atoms with Crippen molar-refractivity contribution in [2.24, 2.45) is 17.8 Å². The largest absolute Gasteiger partial charge is 0.394 e. The third kappa shape index (κ3) is 4.61. The van der Waals surface area contributed by atoms with Gasteiger partial charge in [-0.3, -0.25) is 14.4 Å². The van der Waals surface area contributed by atoms with Crippen LogP contribution in [0.5, 0.6) is 0 Å². The summed E-state index contributed by atoms with van der Waals surface area (Å²) in [6, 6.07) is 22.1. The van der Waals surface area contributed by atoms with Crippen molar-refractivity contribution in [3.8, 4) is 0 Å². The van der Waals surface area contributed by atoms with Crippen molar-refractivity contribution in [3.63, 3.8) is 0 Å². The topological polar surface area (TPSA) is 98.7 Å². The molecule has 0 radical (unpaired) electrons. The third-order valence-electron chi connectivity index (χ3n) is 9.22. The minimum absolute atomic E-state index is 0.0179. The number of aliphatic hydroxyl groups excluding tert-OH is 1. The Kier molecular flexibility index (Phi) is 7.55. The molecule has 7 atom stereocenters. The first-order valence-corrected chi connectivity index (χ1v) is 15.5. The van der Waals surface area contributed by atoms with E-state index in [1.54, 1.807) is 16.7 Å². The molecule has 0 saturated carbocycles. The molecule has 3 aromatic carbocycles. The Labute approximate surface area is 245 Å². The van der Waals surface area contributed by atoms with Crippen LogP contribution in [-0.4, -0.2) is 63.0 Å². The van der Waals surface area contributed by atoms with Gasteiger partial charge in [0.1, 0.15) is 6.04 Å². The molecule has 41 heavy (non-hydrogen) atoms. The Morgan fingerprint density at radius 2 is 1.78 bits per heavy atom. The minimum atomic E-state index is -0.818. The van der Waals surface area contributed by atoms with Crippen LogP contribution in [0.15, 0.2) is 72.8 Å². The number of nitrogens with one attached hydrogen (secondary N) is 2. The van der Waals surface area contributed by atoms with Crippen LogP contribution < -0.4 is 10.6 Å². The lowest BCUT2D eigenvalue weighted by Gasteiger charge is -2.40. The summed E-state index contributed by atoms with van der Waals surface area (Å²) in [6.07, 6.45) is 2.00. The lowest BCUT2D eigenvalue weighted by atomic mass is 9.66. The number of thioether (sulfide) groups is 1. The number of amides is 3. The summed E-state index contributed by atoms with van der Waals surface area (Å²) in [4.78, 5) is 44.0. The van der Waals surface area contributed by atoms with Crippen LogP contribution in [0.25, 0.3) is 10.8 Å². The van der Waals surface area contributed by atoms with E-state index in [-0.39, 0.29) is 35.5 Å². The van der Waals surface area contributed by atoms with Crippen LogP contribution in [0, 0.1) is 17.8 Å². The number of likely N-dealkylation sites (tertiary alicyclic amines) is 1. The van der Waals surface area contributed by atoms with Crippen LogP contribution in [-0.2, 0) is 20.8 Å². The summed E-state index contributed by atoms with van der Waals surface area (Å²) in [6.45, 7) is 4.39. The molecule has 3 heterocycles. The zero-order chi connectivity index (χ0) is 28.7. The van der Waals surface area contributed by atoms with Crippen LogP contribution in [0.4, 0.5) is 5.69 Å². The average molecular weight is 572 g/mol. The molecule has 3 fully saturated rings. The van der Waals surface area contributed by atoms with Crippen LogP contribution in [0.3, 0.4) is 0 Å². The number of nitrogens with zero attached hydrogens (tertiary/aromatic N) is 1. The van der Waals surface area contributed by atoms with Gasteiger partial charge in [0.25, 0.3) is 0 Å². The number of carbonyl (C=O) groups excluding carboxylic acids is 3. The number of hydrogen-bond acceptors (Lipinski definition) is 5. The molecule has 7 nitrogen and oxygen atoms in total. The minimum Gasteiger partial charge on any atom is -0.394 e. The van der Waals surface area contributed by atoms with Crippen molar-refractivity contribution in [1.29, 1.82) is 0 Å². The van der Waals surface area contributed by atoms with Gasteiger partial charge in [-0.2, -0.15) is 0 Å². The predicted octanol–water partition coefficient (Wildman–Crippen LogP) is 4.25. The Morgan fingerprint density at radius 1 is 1.05 bits per heavy atom. The second-order valence-corrected chi connectivity index (χ2v) is 13.2. The molecule has 3 aliphatic rings. The van der Waals surface area contributed by atoms with E-state index < -0.39 is 28.7 Å². The first-order valence-electron chi connectivity index (χ1n) is 14.6. The average Bonchev–Trinajstić information content (AvgIpc) is 3.58. The molecule has 3 amide bonds. The molecule has 0 aliphatic carbocycles. The van der Waals surface area contributed by atoms with Crippen molar-refractivity contribution < 1.29 is 19.5 Å². The molecule has 3 aromatic rings. The van der Waals surface area contributed by atoms with Crippen LogP contribution in [0.1, 0.15) is 32.3 Å². The van der Waals surface area contributed by atoms with Gasteiger partial charge >= 0.3 is 0 Å². The van der Waals surface area contributed by atoms with Crippen molar-refractivity contribution >= 4 is 45.9 Å². The first-order chi connectivity index (χ1) is 19.9. The molecule has 2 bridgehead atoms. The van der Waals surface area contributed by atoms with E-state index in [1.165, 1.54) is 0 Å². The van der Waals surface area contributed by atoms with Crippen LogP contribution >= 0.6 is 11.8 Å². The molecule has 3 N–H and O–H groups in total. The van der Waals surface area contributed by atoms with Gasteiger partial charge in [0.15, 0.2) is 0 Å². The van der Waals surface area contributed by atoms with Crippen LogP contribution in [0.2, 0.25) is 0 Å². The van der Waals surface area contributed by atoms with E-state index in [0.29, 0.717) is 18.7 Å². The Morgan fingerprint density at radius 3 is 2.51 bits per heavy atom. The smallest absolute Gasteiger partial charge is 0.248 e. The Hall–Kier alpha value is -3.36. The van der Waals surface area contributed by atoms with Gasteiger partial charge in [-0.1, -0.05) is 74.5 Å². The fraction of sp³-hybridized carbons (Fsp3) is 0.424. The highest BCUT2D eigenvalue weighted by Gasteiger charge is 2.76. The highest BCUT2D eigenvalue weighted by atomic mass is 32.2. The van der Waals surface area contributed by atoms with Gasteiger partial charge in [0.2, 0.25) is 17.7 Å². The van der Waals surface area contributed by atoms with Gasteiger partial charge in [-0.25, -0.2) is 0 Å². The van der Waals surface area contributed by atoms with E-state index in [4.69, 9.17) is 0 Å². The molecule has 0 aromatic heterocycles. The lowest BCUT2D eigenvalue weighted by Crippen LogP contribution is -2.57. The molecule has 8 heteroatoms. The highest BCUT2D eigenvalue weighted by Crippen LogP contribution is 2.68. The van der Waals surface area contributed by atoms with Crippen molar-refractivity contribution in [3.05, 3.63) is 78.4 Å². The van der Waals surface area contributed by atoms with Crippen molar-refractivity contribution in [1.82, 2.24) is 10.2 Å². The van der Waals surface area contributed by atoms with Crippen molar-refractivity contribution in [2.45, 2.75) is 55.2 Å². The summed E-state index contributed by atoms with van der Waals surface area (Å²) in [5, 5.41) is 18.9. The number of aliphatic hydroxyl groups is 1. The van der Waals surface area contributed by atoms with E-state index in [9.17, 15) is 19.5 Å². The van der Waals surface area contributed by atoms with E-state index in [2.05, 4.69) is 17.6 Å². The molecule has 1 spiro atoms. The lowest BCUT2D eigenvalue weighted by molar-refractivity contribution is -0.142. The predicted molar refractivity (Wildman–Crippen MR) is 162 cm³/mol. The number of carbonyl (C=O) groups is 3. The van der Waals surface area contributed by atoms with Gasteiger partial charge in [-0.15, -0.1) is 11.8 Å². The normalized spacial score (nSPS) is 29.0. The summed E-state index contributed by atoms with van der Waals surface area (Å²) < 4.78 is -0.749. The fourth-order valence-corrected chi connectivity index (χ4v) is 9.84. The second-order valence-electron chi connectivity index (χ2n) is 11.7.